The van der Waals surface area contributed by atoms with Crippen molar-refractivity contribution in [1.82, 2.24) is 4.72 Å². The number of carbonyl (C=O) groups is 1. The summed E-state index contributed by atoms with van der Waals surface area (Å²) in [5.41, 5.74) is 1.87. The second kappa shape index (κ2) is 8.97. The molecule has 4 nitrogen and oxygen atoms in total. The van der Waals surface area contributed by atoms with Crippen molar-refractivity contribution in [2.24, 2.45) is 5.92 Å². The molecule has 0 spiro atoms. The van der Waals surface area contributed by atoms with Crippen LogP contribution in [-0.2, 0) is 10.0 Å². The van der Waals surface area contributed by atoms with E-state index in [1.54, 1.807) is 13.0 Å². The first-order valence-corrected chi connectivity index (χ1v) is 11.4. The van der Waals surface area contributed by atoms with Crippen LogP contribution >= 0.6 is 0 Å². The molecule has 0 amide bonds. The molecule has 0 unspecified atom stereocenters. The molecule has 0 bridgehead atoms. The highest BCUT2D eigenvalue weighted by molar-refractivity contribution is 7.89. The van der Waals surface area contributed by atoms with Crippen LogP contribution in [0.25, 0.3) is 11.1 Å². The minimum absolute atomic E-state index is 0.0336. The Labute approximate surface area is 166 Å². The lowest BCUT2D eigenvalue weighted by Gasteiger charge is -2.21. The molecular weight excluding hydrogens is 377 g/mol. The Balaban J connectivity index is 1.72. The lowest BCUT2D eigenvalue weighted by Crippen LogP contribution is -2.34. The molecule has 0 aliphatic heterocycles. The minimum Gasteiger partial charge on any atom is -0.293 e. The van der Waals surface area contributed by atoms with Crippen molar-refractivity contribution in [1.29, 1.82) is 0 Å². The van der Waals surface area contributed by atoms with E-state index in [1.807, 2.05) is 30.3 Å². The largest absolute Gasteiger partial charge is 0.293 e. The van der Waals surface area contributed by atoms with Gasteiger partial charge in [-0.1, -0.05) is 49.6 Å². The van der Waals surface area contributed by atoms with Crippen molar-refractivity contribution in [3.05, 3.63) is 59.4 Å². The van der Waals surface area contributed by atoms with Gasteiger partial charge < -0.3 is 0 Å². The molecule has 1 aliphatic carbocycles. The molecule has 0 saturated heterocycles. The summed E-state index contributed by atoms with van der Waals surface area (Å²) in [4.78, 5) is 12.6. The van der Waals surface area contributed by atoms with E-state index in [0.717, 1.165) is 43.2 Å². The standard InChI is InChI=1S/C22H26FNO3S/c1-16-12-19(18-10-6-3-7-11-18)13-20(22(16)23)21(25)14-24-28(26,27)15-17-8-4-2-5-9-17/h3,6-7,10-13,17,24H,2,4-5,8-9,14-15H2,1H3. The average Bonchev–Trinajstić information content (AvgIpc) is 2.69. The maximum absolute atomic E-state index is 14.5. The van der Waals surface area contributed by atoms with Crippen molar-refractivity contribution in [3.63, 3.8) is 0 Å². The molecule has 1 N–H and O–H groups in total. The Kier molecular flexibility index (Phi) is 6.62. The highest BCUT2D eigenvalue weighted by atomic mass is 32.2. The van der Waals surface area contributed by atoms with Crippen LogP contribution in [0.5, 0.6) is 0 Å². The van der Waals surface area contributed by atoms with Gasteiger partial charge in [0.15, 0.2) is 5.78 Å². The van der Waals surface area contributed by atoms with E-state index in [-0.39, 0.29) is 17.2 Å². The Morgan fingerprint density at radius 1 is 1.07 bits per heavy atom. The average molecular weight is 404 g/mol. The first-order chi connectivity index (χ1) is 13.4. The molecule has 0 heterocycles. The summed E-state index contributed by atoms with van der Waals surface area (Å²) in [7, 11) is -3.56. The van der Waals surface area contributed by atoms with Crippen molar-refractivity contribution in [2.45, 2.75) is 39.0 Å². The van der Waals surface area contributed by atoms with Crippen LogP contribution in [0, 0.1) is 18.7 Å². The van der Waals surface area contributed by atoms with E-state index in [0.29, 0.717) is 5.56 Å². The molecule has 2 aromatic carbocycles. The van der Waals surface area contributed by atoms with Gasteiger partial charge in [0.2, 0.25) is 10.0 Å². The Hall–Kier alpha value is -2.05. The summed E-state index contributed by atoms with van der Waals surface area (Å²) in [5.74, 6) is -0.991. The summed E-state index contributed by atoms with van der Waals surface area (Å²) < 4.78 is 41.5. The van der Waals surface area contributed by atoms with Gasteiger partial charge in [0.05, 0.1) is 17.9 Å². The number of nitrogens with one attached hydrogen (secondary N) is 1. The normalized spacial score (nSPS) is 15.5. The SMILES string of the molecule is Cc1cc(-c2ccccc2)cc(C(=O)CNS(=O)(=O)CC2CCCCC2)c1F. The maximum atomic E-state index is 14.5. The van der Waals surface area contributed by atoms with Crippen LogP contribution in [0.4, 0.5) is 4.39 Å². The molecule has 3 rings (SSSR count). The van der Waals surface area contributed by atoms with Gasteiger partial charge in [-0.05, 0) is 54.5 Å². The number of benzene rings is 2. The van der Waals surface area contributed by atoms with Crippen LogP contribution < -0.4 is 4.72 Å². The second-order valence-electron chi connectivity index (χ2n) is 7.55. The molecule has 6 heteroatoms. The Bertz CT molecular complexity index is 936. The topological polar surface area (TPSA) is 63.2 Å². The fourth-order valence-corrected chi connectivity index (χ4v) is 5.19. The molecule has 28 heavy (non-hydrogen) atoms. The molecule has 0 atom stereocenters. The van der Waals surface area contributed by atoms with Gasteiger partial charge in [-0.25, -0.2) is 17.5 Å². The predicted molar refractivity (Wildman–Crippen MR) is 109 cm³/mol. The van der Waals surface area contributed by atoms with E-state index in [4.69, 9.17) is 0 Å². The maximum Gasteiger partial charge on any atom is 0.212 e. The number of ketones is 1. The molecular formula is C22H26FNO3S. The third-order valence-electron chi connectivity index (χ3n) is 5.29. The van der Waals surface area contributed by atoms with Gasteiger partial charge in [-0.2, -0.15) is 0 Å². The van der Waals surface area contributed by atoms with Crippen LogP contribution in [0.2, 0.25) is 0 Å². The lowest BCUT2D eigenvalue weighted by molar-refractivity contribution is 0.0993. The van der Waals surface area contributed by atoms with E-state index in [1.165, 1.54) is 6.07 Å². The summed E-state index contributed by atoms with van der Waals surface area (Å²) >= 11 is 0. The van der Waals surface area contributed by atoms with Gasteiger partial charge in [-0.3, -0.25) is 4.79 Å². The first kappa shape index (κ1) is 20.7. The second-order valence-corrected chi connectivity index (χ2v) is 9.40. The number of halogens is 1. The molecule has 1 fully saturated rings. The van der Waals surface area contributed by atoms with Crippen molar-refractivity contribution in [3.8, 4) is 11.1 Å². The van der Waals surface area contributed by atoms with Crippen molar-refractivity contribution in [2.75, 3.05) is 12.3 Å². The van der Waals surface area contributed by atoms with Gasteiger partial charge in [0.1, 0.15) is 5.82 Å². The summed E-state index contributed by atoms with van der Waals surface area (Å²) in [6.45, 7) is 1.18. The van der Waals surface area contributed by atoms with Gasteiger partial charge >= 0.3 is 0 Å². The number of hydrogen-bond acceptors (Lipinski definition) is 3. The highest BCUT2D eigenvalue weighted by Gasteiger charge is 2.23. The lowest BCUT2D eigenvalue weighted by atomic mass is 9.91. The minimum atomic E-state index is -3.56. The monoisotopic (exact) mass is 403 g/mol. The Morgan fingerprint density at radius 2 is 1.75 bits per heavy atom. The molecule has 2 aromatic rings. The molecule has 150 valence electrons. The van der Waals surface area contributed by atoms with E-state index in [9.17, 15) is 17.6 Å². The van der Waals surface area contributed by atoms with Crippen LogP contribution in [0.15, 0.2) is 42.5 Å². The highest BCUT2D eigenvalue weighted by Crippen LogP contribution is 2.26. The quantitative estimate of drug-likeness (QED) is 0.693. The first-order valence-electron chi connectivity index (χ1n) is 9.72. The third kappa shape index (κ3) is 5.26. The van der Waals surface area contributed by atoms with E-state index in [2.05, 4.69) is 4.72 Å². The predicted octanol–water partition coefficient (Wildman–Crippen LogP) is 4.48. The van der Waals surface area contributed by atoms with Crippen molar-refractivity contribution < 1.29 is 17.6 Å². The molecule has 1 aliphatic rings. The third-order valence-corrected chi connectivity index (χ3v) is 6.79. The summed E-state index contributed by atoms with van der Waals surface area (Å²) in [6.07, 6.45) is 5.06. The molecule has 0 radical (unpaired) electrons. The zero-order valence-corrected chi connectivity index (χ0v) is 16.9. The summed E-state index contributed by atoms with van der Waals surface area (Å²) in [5, 5.41) is 0. The number of carbonyl (C=O) groups excluding carboxylic acids is 1. The number of sulfonamides is 1. The smallest absolute Gasteiger partial charge is 0.212 e. The van der Waals surface area contributed by atoms with Crippen LogP contribution in [-0.4, -0.2) is 26.5 Å². The van der Waals surface area contributed by atoms with Crippen molar-refractivity contribution >= 4 is 15.8 Å². The number of rotatable bonds is 7. The fourth-order valence-electron chi connectivity index (χ4n) is 3.76. The molecule has 1 saturated carbocycles. The van der Waals surface area contributed by atoms with Gasteiger partial charge in [0, 0.05) is 0 Å². The number of aryl methyl sites for hydroxylation is 1. The number of hydrogen-bond donors (Lipinski definition) is 1. The summed E-state index contributed by atoms with van der Waals surface area (Å²) in [6, 6.07) is 12.6. The van der Waals surface area contributed by atoms with Crippen LogP contribution in [0.1, 0.15) is 48.0 Å². The zero-order chi connectivity index (χ0) is 20.1. The van der Waals surface area contributed by atoms with Gasteiger partial charge in [0.25, 0.3) is 0 Å². The fraction of sp³-hybridized carbons (Fsp3) is 0.409. The van der Waals surface area contributed by atoms with E-state index < -0.39 is 28.2 Å². The molecule has 0 aromatic heterocycles. The number of Topliss-reactive ketones (excluding diaryl/α,β-unsaturated/α-hetero) is 1. The van der Waals surface area contributed by atoms with Gasteiger partial charge in [-0.15, -0.1) is 0 Å². The van der Waals surface area contributed by atoms with E-state index >= 15 is 0 Å². The Morgan fingerprint density at radius 3 is 2.43 bits per heavy atom. The zero-order valence-electron chi connectivity index (χ0n) is 16.1. The van der Waals surface area contributed by atoms with Crippen LogP contribution in [0.3, 0.4) is 0 Å².